The van der Waals surface area contributed by atoms with Gasteiger partial charge >= 0.3 is 5.97 Å². The van der Waals surface area contributed by atoms with Gasteiger partial charge in [-0.25, -0.2) is 0 Å². The van der Waals surface area contributed by atoms with Crippen LogP contribution in [-0.2, 0) is 16.0 Å². The lowest BCUT2D eigenvalue weighted by Gasteiger charge is -2.34. The highest BCUT2D eigenvalue weighted by atomic mass is 16.5. The van der Waals surface area contributed by atoms with Crippen LogP contribution in [0.1, 0.15) is 29.0 Å². The molecule has 1 aliphatic carbocycles. The summed E-state index contributed by atoms with van der Waals surface area (Å²) in [5.41, 5.74) is 3.90. The molecule has 3 rings (SSSR count). The van der Waals surface area contributed by atoms with Gasteiger partial charge in [0.2, 0.25) is 0 Å². The lowest BCUT2D eigenvalue weighted by atomic mass is 9.71. The van der Waals surface area contributed by atoms with Crippen molar-refractivity contribution in [3.63, 3.8) is 0 Å². The van der Waals surface area contributed by atoms with Gasteiger partial charge in [-0.15, -0.1) is 0 Å². The zero-order valence-electron chi connectivity index (χ0n) is 15.7. The van der Waals surface area contributed by atoms with Crippen molar-refractivity contribution in [2.24, 2.45) is 5.92 Å². The van der Waals surface area contributed by atoms with Crippen LogP contribution in [0.25, 0.3) is 0 Å². The van der Waals surface area contributed by atoms with Crippen LogP contribution in [0.2, 0.25) is 0 Å². The standard InChI is InChI=1S/C22H27NO4/c1-26-11-12-27-19-9-10-20-17(13-19)7-8-18(14-23-15-21(24)25)22(20)16-5-3-2-4-6-16/h2-6,9-10,13,18,22-23H,7-8,11-12,14-15H2,1H3,(H,24,25). The highest BCUT2D eigenvalue weighted by Gasteiger charge is 2.30. The summed E-state index contributed by atoms with van der Waals surface area (Å²) < 4.78 is 10.8. The van der Waals surface area contributed by atoms with Gasteiger partial charge in [0.1, 0.15) is 12.4 Å². The molecular weight excluding hydrogens is 342 g/mol. The van der Waals surface area contributed by atoms with E-state index in [0.29, 0.717) is 25.7 Å². The first-order valence-electron chi connectivity index (χ1n) is 9.41. The van der Waals surface area contributed by atoms with E-state index in [2.05, 4.69) is 41.7 Å². The summed E-state index contributed by atoms with van der Waals surface area (Å²) in [7, 11) is 1.67. The number of benzene rings is 2. The predicted molar refractivity (Wildman–Crippen MR) is 104 cm³/mol. The molecule has 0 amide bonds. The van der Waals surface area contributed by atoms with E-state index in [0.717, 1.165) is 18.6 Å². The maximum Gasteiger partial charge on any atom is 0.317 e. The second-order valence-electron chi connectivity index (χ2n) is 6.91. The Morgan fingerprint density at radius 2 is 2.00 bits per heavy atom. The van der Waals surface area contributed by atoms with Gasteiger partial charge in [-0.05, 0) is 54.1 Å². The van der Waals surface area contributed by atoms with E-state index in [-0.39, 0.29) is 12.5 Å². The summed E-state index contributed by atoms with van der Waals surface area (Å²) in [5, 5.41) is 12.0. The molecule has 0 spiro atoms. The number of ether oxygens (including phenoxy) is 2. The van der Waals surface area contributed by atoms with Gasteiger partial charge in [0.15, 0.2) is 0 Å². The van der Waals surface area contributed by atoms with E-state index in [9.17, 15) is 4.79 Å². The zero-order valence-corrected chi connectivity index (χ0v) is 15.7. The smallest absolute Gasteiger partial charge is 0.317 e. The van der Waals surface area contributed by atoms with E-state index in [1.165, 1.54) is 16.7 Å². The van der Waals surface area contributed by atoms with E-state index in [1.54, 1.807) is 7.11 Å². The Bertz CT molecular complexity index is 747. The Morgan fingerprint density at radius 1 is 1.19 bits per heavy atom. The minimum absolute atomic E-state index is 0.00283. The van der Waals surface area contributed by atoms with Gasteiger partial charge in [0.05, 0.1) is 13.2 Å². The first-order valence-corrected chi connectivity index (χ1v) is 9.41. The Balaban J connectivity index is 1.83. The Kier molecular flexibility index (Phi) is 6.85. The largest absolute Gasteiger partial charge is 0.491 e. The molecule has 0 saturated carbocycles. The highest BCUT2D eigenvalue weighted by molar-refractivity contribution is 5.69. The SMILES string of the molecule is COCCOc1ccc2c(c1)CCC(CNCC(=O)O)C2c1ccccc1. The summed E-state index contributed by atoms with van der Waals surface area (Å²) in [4.78, 5) is 10.9. The van der Waals surface area contributed by atoms with E-state index in [4.69, 9.17) is 14.6 Å². The molecule has 2 aromatic rings. The molecule has 2 atom stereocenters. The second-order valence-corrected chi connectivity index (χ2v) is 6.91. The van der Waals surface area contributed by atoms with Crippen molar-refractivity contribution in [1.29, 1.82) is 0 Å². The fourth-order valence-corrected chi connectivity index (χ4v) is 3.89. The van der Waals surface area contributed by atoms with Crippen LogP contribution in [0, 0.1) is 5.92 Å². The van der Waals surface area contributed by atoms with Crippen molar-refractivity contribution >= 4 is 5.97 Å². The molecule has 1 aliphatic rings. The molecule has 5 nitrogen and oxygen atoms in total. The number of carboxylic acids is 1. The maximum atomic E-state index is 10.9. The average Bonchev–Trinajstić information content (AvgIpc) is 2.68. The third kappa shape index (κ3) is 5.08. The molecule has 0 bridgehead atoms. The summed E-state index contributed by atoms with van der Waals surface area (Å²) in [6.45, 7) is 1.80. The molecule has 0 radical (unpaired) electrons. The van der Waals surface area contributed by atoms with Crippen molar-refractivity contribution in [3.8, 4) is 5.75 Å². The molecule has 0 fully saturated rings. The highest BCUT2D eigenvalue weighted by Crippen LogP contribution is 2.41. The number of rotatable bonds is 9. The normalized spacial score (nSPS) is 18.7. The average molecular weight is 369 g/mol. The summed E-state index contributed by atoms with van der Waals surface area (Å²) >= 11 is 0. The number of carbonyl (C=O) groups is 1. The molecule has 2 aromatic carbocycles. The van der Waals surface area contributed by atoms with Gasteiger partial charge in [-0.2, -0.15) is 0 Å². The third-order valence-corrected chi connectivity index (χ3v) is 5.10. The number of aliphatic carboxylic acids is 1. The molecule has 27 heavy (non-hydrogen) atoms. The van der Waals surface area contributed by atoms with Gasteiger partial charge in [-0.3, -0.25) is 4.79 Å². The van der Waals surface area contributed by atoms with Crippen LogP contribution in [0.3, 0.4) is 0 Å². The van der Waals surface area contributed by atoms with Gasteiger partial charge in [0, 0.05) is 13.0 Å². The third-order valence-electron chi connectivity index (χ3n) is 5.10. The second kappa shape index (κ2) is 9.53. The number of hydrogen-bond donors (Lipinski definition) is 2. The molecule has 0 aromatic heterocycles. The van der Waals surface area contributed by atoms with Crippen LogP contribution < -0.4 is 10.1 Å². The Labute approximate surface area is 160 Å². The molecule has 5 heteroatoms. The fraction of sp³-hybridized carbons (Fsp3) is 0.409. The summed E-state index contributed by atoms with van der Waals surface area (Å²) in [6, 6.07) is 16.8. The molecule has 144 valence electrons. The van der Waals surface area contributed by atoms with E-state index >= 15 is 0 Å². The zero-order chi connectivity index (χ0) is 19.1. The van der Waals surface area contributed by atoms with Crippen LogP contribution in [0.5, 0.6) is 5.75 Å². The summed E-state index contributed by atoms with van der Waals surface area (Å²) in [5.74, 6) is 0.671. The molecule has 2 unspecified atom stereocenters. The van der Waals surface area contributed by atoms with Crippen LogP contribution in [-0.4, -0.2) is 44.5 Å². The van der Waals surface area contributed by atoms with Gasteiger partial charge in [-0.1, -0.05) is 36.4 Å². The molecular formula is C22H27NO4. The fourth-order valence-electron chi connectivity index (χ4n) is 3.89. The topological polar surface area (TPSA) is 67.8 Å². The van der Waals surface area contributed by atoms with Crippen molar-refractivity contribution < 1.29 is 19.4 Å². The van der Waals surface area contributed by atoms with Crippen LogP contribution >= 0.6 is 0 Å². The molecule has 0 aliphatic heterocycles. The van der Waals surface area contributed by atoms with Crippen molar-refractivity contribution in [2.45, 2.75) is 18.8 Å². The van der Waals surface area contributed by atoms with Gasteiger partial charge < -0.3 is 19.9 Å². The number of fused-ring (bicyclic) bond motifs is 1. The number of carboxylic acid groups (broad SMARTS) is 1. The number of aryl methyl sites for hydroxylation is 1. The number of methoxy groups -OCH3 is 1. The molecule has 0 heterocycles. The summed E-state index contributed by atoms with van der Waals surface area (Å²) in [6.07, 6.45) is 1.99. The van der Waals surface area contributed by atoms with Crippen molar-refractivity contribution in [3.05, 3.63) is 65.2 Å². The first-order chi connectivity index (χ1) is 13.2. The molecule has 2 N–H and O–H groups in total. The van der Waals surface area contributed by atoms with Crippen molar-refractivity contribution in [1.82, 2.24) is 5.32 Å². The minimum atomic E-state index is -0.819. The van der Waals surface area contributed by atoms with E-state index in [1.807, 2.05) is 12.1 Å². The lowest BCUT2D eigenvalue weighted by Crippen LogP contribution is -2.34. The number of hydrogen-bond acceptors (Lipinski definition) is 4. The Hall–Kier alpha value is -2.37. The number of nitrogens with one attached hydrogen (secondary N) is 1. The van der Waals surface area contributed by atoms with E-state index < -0.39 is 5.97 Å². The maximum absolute atomic E-state index is 10.9. The first kappa shape index (κ1) is 19.4. The minimum Gasteiger partial charge on any atom is -0.491 e. The monoisotopic (exact) mass is 369 g/mol. The predicted octanol–water partition coefficient (Wildman–Crippen LogP) is 3.08. The Morgan fingerprint density at radius 3 is 2.74 bits per heavy atom. The lowest BCUT2D eigenvalue weighted by molar-refractivity contribution is -0.136. The molecule has 0 saturated heterocycles. The van der Waals surface area contributed by atoms with Crippen LogP contribution in [0.4, 0.5) is 0 Å². The van der Waals surface area contributed by atoms with Gasteiger partial charge in [0.25, 0.3) is 0 Å². The quantitative estimate of drug-likeness (QED) is 0.665. The van der Waals surface area contributed by atoms with Crippen LogP contribution in [0.15, 0.2) is 48.5 Å². The van der Waals surface area contributed by atoms with Crippen molar-refractivity contribution in [2.75, 3.05) is 33.4 Å².